The molecule has 0 saturated heterocycles. The van der Waals surface area contributed by atoms with E-state index in [1.54, 1.807) is 17.4 Å². The second kappa shape index (κ2) is 6.31. The van der Waals surface area contributed by atoms with E-state index in [-0.39, 0.29) is 0 Å². The zero-order chi connectivity index (χ0) is 11.1. The van der Waals surface area contributed by atoms with Crippen LogP contribution in [-0.2, 0) is 0 Å². The number of hydrazone groups is 1. The van der Waals surface area contributed by atoms with Gasteiger partial charge in [0.15, 0.2) is 5.11 Å². The Morgan fingerprint density at radius 2 is 2.53 bits per heavy atom. The molecule has 0 aliphatic carbocycles. The first kappa shape index (κ1) is 11.9. The highest BCUT2D eigenvalue weighted by molar-refractivity contribution is 7.80. The van der Waals surface area contributed by atoms with Crippen LogP contribution in [0.5, 0.6) is 0 Å². The van der Waals surface area contributed by atoms with Crippen LogP contribution in [0.25, 0.3) is 0 Å². The molecule has 5 heteroatoms. The number of hydrogen-bond donors (Lipinski definition) is 2. The van der Waals surface area contributed by atoms with Crippen molar-refractivity contribution < 1.29 is 0 Å². The highest BCUT2D eigenvalue weighted by atomic mass is 32.1. The minimum absolute atomic E-state index is 0.505. The van der Waals surface area contributed by atoms with Crippen molar-refractivity contribution in [3.8, 4) is 0 Å². The molecular weight excluding hydrogens is 226 g/mol. The van der Waals surface area contributed by atoms with E-state index in [0.717, 1.165) is 10.6 Å². The maximum atomic E-state index is 4.99. The molecule has 0 aliphatic rings. The van der Waals surface area contributed by atoms with E-state index >= 15 is 0 Å². The zero-order valence-electron chi connectivity index (χ0n) is 8.49. The molecule has 0 aromatic carbocycles. The summed E-state index contributed by atoms with van der Waals surface area (Å²) in [4.78, 5) is 1.13. The third kappa shape index (κ3) is 4.22. The van der Waals surface area contributed by atoms with Gasteiger partial charge in [-0.1, -0.05) is 12.1 Å². The number of nitrogens with zero attached hydrogens (tertiary/aromatic N) is 1. The van der Waals surface area contributed by atoms with Crippen LogP contribution in [0.1, 0.15) is 11.8 Å². The number of thiophene rings is 1. The third-order valence-corrected chi connectivity index (χ3v) is 2.82. The molecule has 1 aromatic heterocycles. The summed E-state index contributed by atoms with van der Waals surface area (Å²) < 4.78 is 0. The van der Waals surface area contributed by atoms with Gasteiger partial charge in [-0.05, 0) is 30.6 Å². The molecule has 0 aliphatic heterocycles. The van der Waals surface area contributed by atoms with Crippen LogP contribution >= 0.6 is 23.6 Å². The van der Waals surface area contributed by atoms with Crippen LogP contribution in [0, 0.1) is 0 Å². The van der Waals surface area contributed by atoms with Crippen LogP contribution in [0.4, 0.5) is 0 Å². The van der Waals surface area contributed by atoms with Gasteiger partial charge in [-0.2, -0.15) is 5.10 Å². The summed E-state index contributed by atoms with van der Waals surface area (Å²) >= 11 is 6.64. The predicted octanol–water partition coefficient (Wildman–Crippen LogP) is 2.12. The quantitative estimate of drug-likeness (QED) is 0.366. The van der Waals surface area contributed by atoms with Gasteiger partial charge < -0.3 is 5.32 Å². The molecule has 0 radical (unpaired) electrons. The largest absolute Gasteiger partial charge is 0.358 e. The summed E-state index contributed by atoms with van der Waals surface area (Å²) in [5.41, 5.74) is 3.70. The maximum Gasteiger partial charge on any atom is 0.187 e. The van der Waals surface area contributed by atoms with Crippen molar-refractivity contribution in [3.05, 3.63) is 35.0 Å². The Labute approximate surface area is 98.9 Å². The number of nitrogens with one attached hydrogen (secondary N) is 2. The summed E-state index contributed by atoms with van der Waals surface area (Å²) in [6, 6.07) is 4.01. The molecule has 0 atom stereocenters. The van der Waals surface area contributed by atoms with Crippen molar-refractivity contribution in [2.45, 2.75) is 6.92 Å². The normalized spacial score (nSPS) is 10.9. The van der Waals surface area contributed by atoms with Crippen LogP contribution in [0.3, 0.4) is 0 Å². The van der Waals surface area contributed by atoms with E-state index in [2.05, 4.69) is 22.4 Å². The minimum Gasteiger partial charge on any atom is -0.358 e. The Balaban J connectivity index is 2.44. The van der Waals surface area contributed by atoms with Gasteiger partial charge in [0.05, 0.1) is 5.71 Å². The van der Waals surface area contributed by atoms with Crippen LogP contribution in [0.15, 0.2) is 35.3 Å². The van der Waals surface area contributed by atoms with Gasteiger partial charge in [-0.15, -0.1) is 17.9 Å². The molecule has 0 saturated carbocycles. The monoisotopic (exact) mass is 239 g/mol. The van der Waals surface area contributed by atoms with Gasteiger partial charge >= 0.3 is 0 Å². The molecule has 0 bridgehead atoms. The Kier molecular flexibility index (Phi) is 5.00. The van der Waals surface area contributed by atoms with Gasteiger partial charge in [0.25, 0.3) is 0 Å². The topological polar surface area (TPSA) is 36.4 Å². The van der Waals surface area contributed by atoms with E-state index in [9.17, 15) is 0 Å². The molecule has 0 amide bonds. The van der Waals surface area contributed by atoms with E-state index in [0.29, 0.717) is 11.7 Å². The van der Waals surface area contributed by atoms with E-state index in [1.165, 1.54) is 0 Å². The van der Waals surface area contributed by atoms with Crippen molar-refractivity contribution >= 4 is 34.4 Å². The summed E-state index contributed by atoms with van der Waals surface area (Å²) in [6.07, 6.45) is 1.74. The standard InChI is InChI=1S/C10H13N3S2/c1-3-6-11-10(14)13-12-8(2)9-5-4-7-15-9/h3-5,7H,1,6H2,2H3,(H2,11,13,14)/b12-8-. The summed E-state index contributed by atoms with van der Waals surface area (Å²) in [5.74, 6) is 0. The first-order chi connectivity index (χ1) is 7.24. The molecule has 1 aromatic rings. The Morgan fingerprint density at radius 3 is 3.13 bits per heavy atom. The van der Waals surface area contributed by atoms with Crippen molar-refractivity contribution in [3.63, 3.8) is 0 Å². The smallest absolute Gasteiger partial charge is 0.187 e. The number of hydrogen-bond acceptors (Lipinski definition) is 3. The predicted molar refractivity (Wildman–Crippen MR) is 70.5 cm³/mol. The van der Waals surface area contributed by atoms with Gasteiger partial charge in [-0.3, -0.25) is 5.43 Å². The first-order valence-corrected chi connectivity index (χ1v) is 5.75. The lowest BCUT2D eigenvalue weighted by Crippen LogP contribution is -2.32. The fourth-order valence-corrected chi connectivity index (χ4v) is 1.68. The van der Waals surface area contributed by atoms with E-state index in [1.807, 2.05) is 24.4 Å². The average molecular weight is 239 g/mol. The zero-order valence-corrected chi connectivity index (χ0v) is 10.1. The highest BCUT2D eigenvalue weighted by Gasteiger charge is 1.97. The molecule has 0 unspecified atom stereocenters. The molecule has 3 nitrogen and oxygen atoms in total. The number of thiocarbonyl (C=S) groups is 1. The van der Waals surface area contributed by atoms with Gasteiger partial charge in [-0.25, -0.2) is 0 Å². The summed E-state index contributed by atoms with van der Waals surface area (Å²) in [6.45, 7) is 6.16. The maximum absolute atomic E-state index is 4.99. The molecular formula is C10H13N3S2. The van der Waals surface area contributed by atoms with Gasteiger partial charge in [0, 0.05) is 11.4 Å². The number of rotatable bonds is 4. The molecule has 0 spiro atoms. The Bertz CT molecular complexity index is 355. The average Bonchev–Trinajstić information content (AvgIpc) is 2.76. The fraction of sp³-hybridized carbons (Fsp3) is 0.200. The van der Waals surface area contributed by atoms with E-state index in [4.69, 9.17) is 12.2 Å². The van der Waals surface area contributed by atoms with Gasteiger partial charge in [0.1, 0.15) is 0 Å². The lowest BCUT2D eigenvalue weighted by atomic mass is 10.3. The molecule has 80 valence electrons. The van der Waals surface area contributed by atoms with Crippen LogP contribution in [0.2, 0.25) is 0 Å². The van der Waals surface area contributed by atoms with Crippen LogP contribution < -0.4 is 10.7 Å². The first-order valence-electron chi connectivity index (χ1n) is 4.47. The van der Waals surface area contributed by atoms with E-state index < -0.39 is 0 Å². The van der Waals surface area contributed by atoms with Crippen molar-refractivity contribution in [1.82, 2.24) is 10.7 Å². The Morgan fingerprint density at radius 1 is 1.73 bits per heavy atom. The van der Waals surface area contributed by atoms with Crippen molar-refractivity contribution in [2.75, 3.05) is 6.54 Å². The van der Waals surface area contributed by atoms with Crippen LogP contribution in [-0.4, -0.2) is 17.4 Å². The van der Waals surface area contributed by atoms with Gasteiger partial charge in [0.2, 0.25) is 0 Å². The molecule has 1 heterocycles. The SMILES string of the molecule is C=CCNC(=S)N/N=C(/C)c1cccs1. The molecule has 2 N–H and O–H groups in total. The molecule has 1 rings (SSSR count). The summed E-state index contributed by atoms with van der Waals surface area (Å²) in [5, 5.41) is 9.61. The molecule has 15 heavy (non-hydrogen) atoms. The fourth-order valence-electron chi connectivity index (χ4n) is 0.879. The van der Waals surface area contributed by atoms with Crippen molar-refractivity contribution in [1.29, 1.82) is 0 Å². The second-order valence-electron chi connectivity index (χ2n) is 2.79. The minimum atomic E-state index is 0.505. The summed E-state index contributed by atoms with van der Waals surface area (Å²) in [7, 11) is 0. The lowest BCUT2D eigenvalue weighted by Gasteiger charge is -2.04. The second-order valence-corrected chi connectivity index (χ2v) is 4.14. The third-order valence-electron chi connectivity index (χ3n) is 1.61. The Hall–Kier alpha value is -1.20. The lowest BCUT2D eigenvalue weighted by molar-refractivity contribution is 0.937. The molecule has 0 fully saturated rings. The van der Waals surface area contributed by atoms with Crippen molar-refractivity contribution in [2.24, 2.45) is 5.10 Å². The highest BCUT2D eigenvalue weighted by Crippen LogP contribution is 2.08.